The summed E-state index contributed by atoms with van der Waals surface area (Å²) < 4.78 is 5.38. The molecule has 0 radical (unpaired) electrons. The van der Waals surface area contributed by atoms with Crippen molar-refractivity contribution in [3.05, 3.63) is 71.1 Å². The highest BCUT2D eigenvalue weighted by Crippen LogP contribution is 2.32. The van der Waals surface area contributed by atoms with Crippen LogP contribution in [-0.4, -0.2) is 46.8 Å². The van der Waals surface area contributed by atoms with Crippen LogP contribution in [0, 0.1) is 0 Å². The lowest BCUT2D eigenvalue weighted by Gasteiger charge is -2.21. The summed E-state index contributed by atoms with van der Waals surface area (Å²) in [6, 6.07) is 16.9. The smallest absolute Gasteiger partial charge is 0.412 e. The Bertz CT molecular complexity index is 1170. The van der Waals surface area contributed by atoms with Gasteiger partial charge in [0.25, 0.3) is 5.91 Å². The predicted molar refractivity (Wildman–Crippen MR) is 140 cm³/mol. The number of rotatable bonds is 6. The van der Waals surface area contributed by atoms with Crippen LogP contribution in [-0.2, 0) is 11.3 Å². The number of nitrogens with one attached hydrogen (secondary N) is 2. The van der Waals surface area contributed by atoms with Gasteiger partial charge in [0.1, 0.15) is 5.60 Å². The van der Waals surface area contributed by atoms with Crippen molar-refractivity contribution < 1.29 is 19.4 Å². The van der Waals surface area contributed by atoms with Crippen LogP contribution in [0.3, 0.4) is 0 Å². The van der Waals surface area contributed by atoms with E-state index in [4.69, 9.17) is 4.74 Å². The molecule has 2 amide bonds. The fraction of sp³-hybridized carbons (Fsp3) is 0.333. The SMILES string of the molecule is CC(C)(C)OC(=O)Nc1ccc(-c2cccs2)cc1NC(=O)c1ccc(CN2CC[C@@H](O)C2)cc1. The van der Waals surface area contributed by atoms with Crippen molar-refractivity contribution in [2.24, 2.45) is 0 Å². The molecule has 3 aromatic rings. The van der Waals surface area contributed by atoms with Crippen molar-refractivity contribution in [2.45, 2.75) is 45.4 Å². The number of hydrogen-bond acceptors (Lipinski definition) is 6. The van der Waals surface area contributed by atoms with Gasteiger partial charge in [0.2, 0.25) is 0 Å². The first-order chi connectivity index (χ1) is 16.7. The van der Waals surface area contributed by atoms with Crippen molar-refractivity contribution in [3.8, 4) is 10.4 Å². The lowest BCUT2D eigenvalue weighted by molar-refractivity contribution is 0.0635. The van der Waals surface area contributed by atoms with Gasteiger partial charge in [-0.15, -0.1) is 11.3 Å². The summed E-state index contributed by atoms with van der Waals surface area (Å²) in [7, 11) is 0. The first-order valence-corrected chi connectivity index (χ1v) is 12.5. The summed E-state index contributed by atoms with van der Waals surface area (Å²) in [5.74, 6) is -0.274. The van der Waals surface area contributed by atoms with Gasteiger partial charge in [0.05, 0.1) is 17.5 Å². The average Bonchev–Trinajstić information content (AvgIpc) is 3.46. The van der Waals surface area contributed by atoms with Gasteiger partial charge in [-0.2, -0.15) is 0 Å². The summed E-state index contributed by atoms with van der Waals surface area (Å²) in [4.78, 5) is 28.7. The molecule has 4 rings (SSSR count). The summed E-state index contributed by atoms with van der Waals surface area (Å²) >= 11 is 1.60. The Morgan fingerprint density at radius 3 is 2.49 bits per heavy atom. The quantitative estimate of drug-likeness (QED) is 0.417. The van der Waals surface area contributed by atoms with E-state index in [9.17, 15) is 14.7 Å². The Labute approximate surface area is 209 Å². The van der Waals surface area contributed by atoms with E-state index >= 15 is 0 Å². The Balaban J connectivity index is 1.51. The van der Waals surface area contributed by atoms with Crippen LogP contribution in [0.15, 0.2) is 60.0 Å². The number of carbonyl (C=O) groups excluding carboxylic acids is 2. The normalized spacial score (nSPS) is 16.2. The molecule has 1 atom stereocenters. The third-order valence-corrected chi connectivity index (χ3v) is 6.50. The lowest BCUT2D eigenvalue weighted by Crippen LogP contribution is -2.27. The molecular weight excluding hydrogens is 462 g/mol. The fourth-order valence-electron chi connectivity index (χ4n) is 3.94. The minimum atomic E-state index is -0.640. The monoisotopic (exact) mass is 493 g/mol. The maximum Gasteiger partial charge on any atom is 0.412 e. The number of carbonyl (C=O) groups is 2. The number of aliphatic hydroxyl groups is 1. The van der Waals surface area contributed by atoms with Crippen LogP contribution < -0.4 is 10.6 Å². The number of thiophene rings is 1. The molecule has 7 nitrogen and oxygen atoms in total. The highest BCUT2D eigenvalue weighted by atomic mass is 32.1. The zero-order valence-corrected chi connectivity index (χ0v) is 21.0. The molecule has 1 saturated heterocycles. The third kappa shape index (κ3) is 6.91. The molecule has 0 spiro atoms. The largest absolute Gasteiger partial charge is 0.444 e. The standard InChI is InChI=1S/C27H31N3O4S/c1-27(2,3)34-26(33)29-22-11-10-20(24-5-4-14-35-24)15-23(22)28-25(32)19-8-6-18(7-9-19)16-30-13-12-21(31)17-30/h4-11,14-15,21,31H,12-13,16-17H2,1-3H3,(H,28,32)(H,29,33)/t21-/m1/s1. The zero-order valence-electron chi connectivity index (χ0n) is 20.2. The molecule has 3 N–H and O–H groups in total. The Morgan fingerprint density at radius 1 is 1.09 bits per heavy atom. The molecule has 0 saturated carbocycles. The van der Waals surface area contributed by atoms with Gasteiger partial charge in [-0.1, -0.05) is 24.3 Å². The number of likely N-dealkylation sites (tertiary alicyclic amines) is 1. The molecule has 0 unspecified atom stereocenters. The van der Waals surface area contributed by atoms with Gasteiger partial charge in [0, 0.05) is 30.1 Å². The second kappa shape index (κ2) is 10.6. The van der Waals surface area contributed by atoms with E-state index in [1.54, 1.807) is 50.3 Å². The number of aliphatic hydroxyl groups excluding tert-OH is 1. The first kappa shape index (κ1) is 24.9. The fourth-order valence-corrected chi connectivity index (χ4v) is 4.66. The van der Waals surface area contributed by atoms with Crippen LogP contribution in [0.25, 0.3) is 10.4 Å². The van der Waals surface area contributed by atoms with Crippen LogP contribution in [0.5, 0.6) is 0 Å². The molecule has 8 heteroatoms. The molecule has 2 heterocycles. The van der Waals surface area contributed by atoms with Gasteiger partial charge < -0.3 is 15.2 Å². The summed E-state index contributed by atoms with van der Waals surface area (Å²) in [5.41, 5.74) is 2.84. The van der Waals surface area contributed by atoms with E-state index in [0.29, 0.717) is 23.5 Å². The highest BCUT2D eigenvalue weighted by molar-refractivity contribution is 7.13. The van der Waals surface area contributed by atoms with E-state index in [1.807, 2.05) is 41.8 Å². The molecule has 1 aromatic heterocycles. The molecule has 2 aromatic carbocycles. The number of β-amino-alcohol motifs (C(OH)–C–C–N with tert-alkyl or cyclic N) is 1. The van der Waals surface area contributed by atoms with Gasteiger partial charge in [-0.3, -0.25) is 15.0 Å². The van der Waals surface area contributed by atoms with Crippen LogP contribution in [0.1, 0.15) is 43.1 Å². The Hall–Kier alpha value is -3.20. The van der Waals surface area contributed by atoms with Crippen molar-refractivity contribution in [3.63, 3.8) is 0 Å². The van der Waals surface area contributed by atoms with E-state index in [1.165, 1.54) is 0 Å². The molecule has 1 aliphatic rings. The van der Waals surface area contributed by atoms with Crippen LogP contribution in [0.2, 0.25) is 0 Å². The number of ether oxygens (including phenoxy) is 1. The molecule has 0 bridgehead atoms. The lowest BCUT2D eigenvalue weighted by atomic mass is 10.1. The topological polar surface area (TPSA) is 90.9 Å². The minimum absolute atomic E-state index is 0.256. The van der Waals surface area contributed by atoms with Gasteiger partial charge >= 0.3 is 6.09 Å². The molecule has 1 aliphatic heterocycles. The second-order valence-corrected chi connectivity index (χ2v) is 10.6. The summed E-state index contributed by atoms with van der Waals surface area (Å²) in [5, 5.41) is 17.4. The molecular formula is C27H31N3O4S. The summed E-state index contributed by atoms with van der Waals surface area (Å²) in [6.07, 6.45) is -0.0493. The zero-order chi connectivity index (χ0) is 25.0. The van der Waals surface area contributed by atoms with E-state index in [2.05, 4.69) is 15.5 Å². The van der Waals surface area contributed by atoms with E-state index < -0.39 is 11.7 Å². The third-order valence-electron chi connectivity index (χ3n) is 5.58. The second-order valence-electron chi connectivity index (χ2n) is 9.69. The maximum absolute atomic E-state index is 13.1. The van der Waals surface area contributed by atoms with Crippen LogP contribution in [0.4, 0.5) is 16.2 Å². The van der Waals surface area contributed by atoms with Crippen molar-refractivity contribution in [1.29, 1.82) is 0 Å². The number of nitrogens with zero attached hydrogens (tertiary/aromatic N) is 1. The van der Waals surface area contributed by atoms with Crippen LogP contribution >= 0.6 is 11.3 Å². The molecule has 1 fully saturated rings. The number of amides is 2. The molecule has 35 heavy (non-hydrogen) atoms. The van der Waals surface area contributed by atoms with Crippen molar-refractivity contribution in [1.82, 2.24) is 4.90 Å². The number of benzene rings is 2. The Kier molecular flexibility index (Phi) is 7.54. The molecule has 0 aliphatic carbocycles. The predicted octanol–water partition coefficient (Wildman–Crippen LogP) is 5.58. The van der Waals surface area contributed by atoms with Gasteiger partial charge in [-0.25, -0.2) is 4.79 Å². The van der Waals surface area contributed by atoms with Gasteiger partial charge in [-0.05, 0) is 74.0 Å². The number of hydrogen-bond donors (Lipinski definition) is 3. The first-order valence-electron chi connectivity index (χ1n) is 11.6. The van der Waals surface area contributed by atoms with Crippen molar-refractivity contribution in [2.75, 3.05) is 23.7 Å². The van der Waals surface area contributed by atoms with Crippen molar-refractivity contribution >= 4 is 34.7 Å². The van der Waals surface area contributed by atoms with Gasteiger partial charge in [0.15, 0.2) is 0 Å². The molecule has 184 valence electrons. The number of anilines is 2. The van der Waals surface area contributed by atoms with E-state index in [-0.39, 0.29) is 12.0 Å². The minimum Gasteiger partial charge on any atom is -0.444 e. The average molecular weight is 494 g/mol. The van der Waals surface area contributed by atoms with E-state index in [0.717, 1.165) is 35.5 Å². The highest BCUT2D eigenvalue weighted by Gasteiger charge is 2.21. The maximum atomic E-state index is 13.1. The summed E-state index contributed by atoms with van der Waals surface area (Å²) in [6.45, 7) is 7.68. The Morgan fingerprint density at radius 2 is 1.86 bits per heavy atom.